The number of rotatable bonds is 7. The van der Waals surface area contributed by atoms with Gasteiger partial charge in [-0.25, -0.2) is 0 Å². The maximum atomic E-state index is 5.98. The SMILES string of the molecule is CCC(CC)(C(Cc1ccc(C)cc1)NN)N1CCCC1. The fourth-order valence-corrected chi connectivity index (χ4v) is 3.94. The second-order valence-corrected chi connectivity index (χ2v) is 6.41. The molecule has 3 nitrogen and oxygen atoms in total. The molecule has 1 unspecified atom stereocenters. The van der Waals surface area contributed by atoms with Gasteiger partial charge in [0.2, 0.25) is 0 Å². The van der Waals surface area contributed by atoms with Crippen LogP contribution in [0, 0.1) is 6.92 Å². The fourth-order valence-electron chi connectivity index (χ4n) is 3.94. The minimum absolute atomic E-state index is 0.177. The monoisotopic (exact) mass is 289 g/mol. The molecule has 0 saturated carbocycles. The summed E-state index contributed by atoms with van der Waals surface area (Å²) in [6, 6.07) is 9.16. The summed E-state index contributed by atoms with van der Waals surface area (Å²) in [5, 5.41) is 0. The Balaban J connectivity index is 2.20. The molecule has 0 amide bonds. The number of likely N-dealkylation sites (tertiary alicyclic amines) is 1. The van der Waals surface area contributed by atoms with Gasteiger partial charge < -0.3 is 0 Å². The van der Waals surface area contributed by atoms with Crippen LogP contribution in [0.4, 0.5) is 0 Å². The number of nitrogens with zero attached hydrogens (tertiary/aromatic N) is 1. The molecule has 3 heteroatoms. The highest BCUT2D eigenvalue weighted by molar-refractivity contribution is 5.23. The number of nitrogens with two attached hydrogens (primary N) is 1. The van der Waals surface area contributed by atoms with Gasteiger partial charge in [0.15, 0.2) is 0 Å². The van der Waals surface area contributed by atoms with Crippen LogP contribution in [0.2, 0.25) is 0 Å². The molecule has 2 rings (SSSR count). The standard InChI is InChI=1S/C18H31N3/c1-4-18(5-2,21-12-6-7-13-21)17(20-19)14-16-10-8-15(3)9-11-16/h8-11,17,20H,4-7,12-14,19H2,1-3H3. The van der Waals surface area contributed by atoms with Crippen molar-refractivity contribution in [3.05, 3.63) is 35.4 Å². The molecule has 1 atom stereocenters. The first kappa shape index (κ1) is 16.5. The molecule has 1 aliphatic heterocycles. The van der Waals surface area contributed by atoms with E-state index in [1.54, 1.807) is 0 Å². The van der Waals surface area contributed by atoms with Crippen LogP contribution < -0.4 is 11.3 Å². The van der Waals surface area contributed by atoms with E-state index in [1.807, 2.05) is 0 Å². The lowest BCUT2D eigenvalue weighted by atomic mass is 9.80. The van der Waals surface area contributed by atoms with Crippen LogP contribution in [0.3, 0.4) is 0 Å². The first-order valence-electron chi connectivity index (χ1n) is 8.43. The molecule has 0 aromatic heterocycles. The summed E-state index contributed by atoms with van der Waals surface area (Å²) in [4.78, 5) is 2.67. The molecule has 0 spiro atoms. The molecule has 1 aliphatic rings. The summed E-state index contributed by atoms with van der Waals surface area (Å²) in [6.45, 7) is 9.18. The van der Waals surface area contributed by atoms with Crippen molar-refractivity contribution in [2.75, 3.05) is 13.1 Å². The van der Waals surface area contributed by atoms with Gasteiger partial charge in [-0.2, -0.15) is 0 Å². The molecular weight excluding hydrogens is 258 g/mol. The van der Waals surface area contributed by atoms with E-state index in [4.69, 9.17) is 5.84 Å². The van der Waals surface area contributed by atoms with Gasteiger partial charge in [0, 0.05) is 11.6 Å². The average molecular weight is 289 g/mol. The zero-order valence-electron chi connectivity index (χ0n) is 13.9. The van der Waals surface area contributed by atoms with Crippen LogP contribution in [0.1, 0.15) is 50.7 Å². The van der Waals surface area contributed by atoms with Gasteiger partial charge in [-0.3, -0.25) is 16.2 Å². The van der Waals surface area contributed by atoms with Crippen LogP contribution in [0.15, 0.2) is 24.3 Å². The van der Waals surface area contributed by atoms with E-state index >= 15 is 0 Å². The number of hydrogen-bond donors (Lipinski definition) is 2. The van der Waals surface area contributed by atoms with Crippen molar-refractivity contribution < 1.29 is 0 Å². The van der Waals surface area contributed by atoms with E-state index in [2.05, 4.69) is 55.4 Å². The van der Waals surface area contributed by atoms with Gasteiger partial charge in [0.1, 0.15) is 0 Å². The Morgan fingerprint density at radius 3 is 2.19 bits per heavy atom. The van der Waals surface area contributed by atoms with Crippen LogP contribution in [0.5, 0.6) is 0 Å². The topological polar surface area (TPSA) is 41.3 Å². The molecule has 0 radical (unpaired) electrons. The third-order valence-corrected chi connectivity index (χ3v) is 5.37. The molecule has 0 aliphatic carbocycles. The van der Waals surface area contributed by atoms with Crippen molar-refractivity contribution in [2.45, 2.75) is 64.5 Å². The molecule has 1 fully saturated rings. The third-order valence-electron chi connectivity index (χ3n) is 5.37. The maximum Gasteiger partial charge on any atom is 0.0434 e. The lowest BCUT2D eigenvalue weighted by molar-refractivity contribution is 0.0620. The Morgan fingerprint density at radius 2 is 1.71 bits per heavy atom. The summed E-state index contributed by atoms with van der Waals surface area (Å²) in [6.07, 6.45) is 5.93. The van der Waals surface area contributed by atoms with Crippen LogP contribution in [-0.2, 0) is 6.42 Å². The third kappa shape index (κ3) is 3.47. The lowest BCUT2D eigenvalue weighted by Crippen LogP contribution is -2.62. The van der Waals surface area contributed by atoms with Crippen molar-refractivity contribution in [3.63, 3.8) is 0 Å². The van der Waals surface area contributed by atoms with E-state index in [0.29, 0.717) is 6.04 Å². The molecule has 3 N–H and O–H groups in total. The highest BCUT2D eigenvalue weighted by Gasteiger charge is 2.41. The largest absolute Gasteiger partial charge is 0.296 e. The van der Waals surface area contributed by atoms with Gasteiger partial charge >= 0.3 is 0 Å². The van der Waals surface area contributed by atoms with Crippen molar-refractivity contribution >= 4 is 0 Å². The van der Waals surface area contributed by atoms with E-state index in [-0.39, 0.29) is 5.54 Å². The van der Waals surface area contributed by atoms with Gasteiger partial charge in [-0.15, -0.1) is 0 Å². The number of aryl methyl sites for hydroxylation is 1. The van der Waals surface area contributed by atoms with Gasteiger partial charge in [-0.1, -0.05) is 43.7 Å². The number of hydrogen-bond acceptors (Lipinski definition) is 3. The zero-order valence-corrected chi connectivity index (χ0v) is 13.9. The molecule has 21 heavy (non-hydrogen) atoms. The summed E-state index contributed by atoms with van der Waals surface area (Å²) < 4.78 is 0. The van der Waals surface area contributed by atoms with E-state index in [9.17, 15) is 0 Å². The Bertz CT molecular complexity index is 417. The lowest BCUT2D eigenvalue weighted by Gasteiger charge is -2.46. The number of hydrazine groups is 1. The second kappa shape index (κ2) is 7.39. The fraction of sp³-hybridized carbons (Fsp3) is 0.667. The summed E-state index contributed by atoms with van der Waals surface area (Å²) in [5.74, 6) is 5.98. The molecule has 1 aromatic carbocycles. The predicted molar refractivity (Wildman–Crippen MR) is 90.1 cm³/mol. The summed E-state index contributed by atoms with van der Waals surface area (Å²) in [5.41, 5.74) is 6.00. The maximum absolute atomic E-state index is 5.98. The Kier molecular flexibility index (Phi) is 5.80. The first-order chi connectivity index (χ1) is 10.2. The second-order valence-electron chi connectivity index (χ2n) is 6.41. The van der Waals surface area contributed by atoms with E-state index in [0.717, 1.165) is 19.3 Å². The first-order valence-corrected chi connectivity index (χ1v) is 8.43. The Hall–Kier alpha value is -0.900. The van der Waals surface area contributed by atoms with E-state index in [1.165, 1.54) is 37.1 Å². The van der Waals surface area contributed by atoms with Gasteiger partial charge in [-0.05, 0) is 57.7 Å². The van der Waals surface area contributed by atoms with Gasteiger partial charge in [0.25, 0.3) is 0 Å². The minimum atomic E-state index is 0.177. The molecular formula is C18H31N3. The summed E-state index contributed by atoms with van der Waals surface area (Å²) in [7, 11) is 0. The van der Waals surface area contributed by atoms with Crippen molar-refractivity contribution in [1.29, 1.82) is 0 Å². The highest BCUT2D eigenvalue weighted by Crippen LogP contribution is 2.32. The molecule has 118 valence electrons. The Morgan fingerprint density at radius 1 is 1.14 bits per heavy atom. The molecule has 1 saturated heterocycles. The molecule has 1 heterocycles. The van der Waals surface area contributed by atoms with Crippen LogP contribution >= 0.6 is 0 Å². The summed E-state index contributed by atoms with van der Waals surface area (Å²) >= 11 is 0. The smallest absolute Gasteiger partial charge is 0.0434 e. The normalized spacial score (nSPS) is 18.1. The highest BCUT2D eigenvalue weighted by atomic mass is 15.3. The van der Waals surface area contributed by atoms with Crippen molar-refractivity contribution in [3.8, 4) is 0 Å². The number of nitrogens with one attached hydrogen (secondary N) is 1. The van der Waals surface area contributed by atoms with Crippen molar-refractivity contribution in [2.24, 2.45) is 5.84 Å². The molecule has 0 bridgehead atoms. The average Bonchev–Trinajstić information content (AvgIpc) is 3.04. The zero-order chi connectivity index (χ0) is 15.3. The minimum Gasteiger partial charge on any atom is -0.296 e. The van der Waals surface area contributed by atoms with Gasteiger partial charge in [0.05, 0.1) is 0 Å². The van der Waals surface area contributed by atoms with Crippen LogP contribution in [0.25, 0.3) is 0 Å². The quantitative estimate of drug-likeness (QED) is 0.599. The predicted octanol–water partition coefficient (Wildman–Crippen LogP) is 3.02. The molecule has 1 aromatic rings. The Labute approximate surface area is 129 Å². The van der Waals surface area contributed by atoms with Crippen molar-refractivity contribution in [1.82, 2.24) is 10.3 Å². The van der Waals surface area contributed by atoms with E-state index < -0.39 is 0 Å². The van der Waals surface area contributed by atoms with Crippen LogP contribution in [-0.4, -0.2) is 29.6 Å². The number of benzene rings is 1.